The van der Waals surface area contributed by atoms with Crippen LogP contribution in [0.4, 0.5) is 5.69 Å². The van der Waals surface area contributed by atoms with Crippen molar-refractivity contribution in [2.24, 2.45) is 0 Å². The van der Waals surface area contributed by atoms with Crippen LogP contribution in [0.25, 0.3) is 0 Å². The number of carbonyl (C=O) groups excluding carboxylic acids is 2. The van der Waals surface area contributed by atoms with Crippen LogP contribution in [0.15, 0.2) is 48.5 Å². The van der Waals surface area contributed by atoms with E-state index >= 15 is 0 Å². The van der Waals surface area contributed by atoms with Gasteiger partial charge in [-0.1, -0.05) is 38.1 Å². The summed E-state index contributed by atoms with van der Waals surface area (Å²) >= 11 is 0. The summed E-state index contributed by atoms with van der Waals surface area (Å²) in [5.74, 6) is -0.681. The zero-order valence-electron chi connectivity index (χ0n) is 13.6. The number of nitriles is 1. The second-order valence-electron chi connectivity index (χ2n) is 5.56. The normalized spacial score (nSPS) is 10.1. The molecule has 2 aromatic rings. The van der Waals surface area contributed by atoms with Crippen molar-refractivity contribution in [3.8, 4) is 6.07 Å². The third-order valence-electron chi connectivity index (χ3n) is 3.47. The number of hydrogen-bond donors (Lipinski definition) is 1. The molecule has 0 atom stereocenters. The van der Waals surface area contributed by atoms with Gasteiger partial charge < -0.3 is 10.1 Å². The first kappa shape index (κ1) is 17.2. The lowest BCUT2D eigenvalue weighted by Gasteiger charge is -2.09. The van der Waals surface area contributed by atoms with Gasteiger partial charge in [-0.2, -0.15) is 5.26 Å². The number of nitrogens with zero attached hydrogens (tertiary/aromatic N) is 1. The van der Waals surface area contributed by atoms with Crippen LogP contribution in [0.2, 0.25) is 0 Å². The Kier molecular flexibility index (Phi) is 5.69. The maximum Gasteiger partial charge on any atom is 0.338 e. The van der Waals surface area contributed by atoms with Gasteiger partial charge in [0.1, 0.15) is 6.07 Å². The van der Waals surface area contributed by atoms with Crippen molar-refractivity contribution in [2.45, 2.75) is 19.8 Å². The van der Waals surface area contributed by atoms with E-state index in [0.29, 0.717) is 22.7 Å². The number of nitrogens with one attached hydrogen (secondary N) is 1. The van der Waals surface area contributed by atoms with Crippen LogP contribution in [0.1, 0.15) is 41.3 Å². The van der Waals surface area contributed by atoms with Gasteiger partial charge in [0.15, 0.2) is 6.61 Å². The molecule has 0 fully saturated rings. The number of hydrogen-bond acceptors (Lipinski definition) is 4. The highest BCUT2D eigenvalue weighted by Crippen LogP contribution is 2.15. The van der Waals surface area contributed by atoms with Gasteiger partial charge in [-0.15, -0.1) is 0 Å². The van der Waals surface area contributed by atoms with Crippen LogP contribution in [0.3, 0.4) is 0 Å². The molecule has 0 saturated heterocycles. The number of para-hydroxylation sites is 1. The number of benzene rings is 2. The maximum absolute atomic E-state index is 12.0. The minimum absolute atomic E-state index is 0.349. The number of rotatable bonds is 5. The molecule has 1 amide bonds. The molecule has 0 aliphatic carbocycles. The zero-order chi connectivity index (χ0) is 17.5. The molecule has 0 radical (unpaired) electrons. The first-order valence-electron chi connectivity index (χ1n) is 7.57. The lowest BCUT2D eigenvalue weighted by atomic mass is 10.0. The Bertz CT molecular complexity index is 774. The molecule has 2 rings (SSSR count). The molecular formula is C19H18N2O3. The molecule has 122 valence electrons. The molecule has 24 heavy (non-hydrogen) atoms. The summed E-state index contributed by atoms with van der Waals surface area (Å²) in [6, 6.07) is 15.7. The van der Waals surface area contributed by atoms with Crippen molar-refractivity contribution in [1.29, 1.82) is 5.26 Å². The number of esters is 1. The molecule has 2 aromatic carbocycles. The summed E-state index contributed by atoms with van der Waals surface area (Å²) in [5.41, 5.74) is 2.26. The Labute approximate surface area is 140 Å². The monoisotopic (exact) mass is 322 g/mol. The third kappa shape index (κ3) is 4.43. The second kappa shape index (κ2) is 7.93. The molecule has 0 aliphatic heterocycles. The lowest BCUT2D eigenvalue weighted by molar-refractivity contribution is -0.119. The van der Waals surface area contributed by atoms with E-state index in [0.717, 1.165) is 5.56 Å². The van der Waals surface area contributed by atoms with Crippen molar-refractivity contribution < 1.29 is 14.3 Å². The van der Waals surface area contributed by atoms with Gasteiger partial charge in [-0.25, -0.2) is 4.79 Å². The molecule has 5 heteroatoms. The van der Waals surface area contributed by atoms with Crippen LogP contribution in [-0.4, -0.2) is 18.5 Å². The first-order chi connectivity index (χ1) is 11.5. The summed E-state index contributed by atoms with van der Waals surface area (Å²) in [5, 5.41) is 11.5. The van der Waals surface area contributed by atoms with E-state index in [9.17, 15) is 9.59 Å². The van der Waals surface area contributed by atoms with Crippen molar-refractivity contribution in [1.82, 2.24) is 0 Å². The molecule has 0 aliphatic rings. The standard InChI is InChI=1S/C19H18N2O3/c1-13(2)14-7-9-15(10-8-14)19(23)24-12-18(22)21-17-6-4-3-5-16(17)11-20/h3-10,13H,12H2,1-2H3,(H,21,22). The predicted molar refractivity (Wildman–Crippen MR) is 90.6 cm³/mol. The number of anilines is 1. The van der Waals surface area contributed by atoms with Crippen molar-refractivity contribution in [3.05, 3.63) is 65.2 Å². The van der Waals surface area contributed by atoms with E-state index in [1.807, 2.05) is 18.2 Å². The van der Waals surface area contributed by atoms with Crippen LogP contribution in [0.5, 0.6) is 0 Å². The Morgan fingerprint density at radius 1 is 1.12 bits per heavy atom. The highest BCUT2D eigenvalue weighted by atomic mass is 16.5. The van der Waals surface area contributed by atoms with Gasteiger partial charge in [0.25, 0.3) is 5.91 Å². The lowest BCUT2D eigenvalue weighted by Crippen LogP contribution is -2.21. The van der Waals surface area contributed by atoms with Gasteiger partial charge in [-0.05, 0) is 35.7 Å². The van der Waals surface area contributed by atoms with Gasteiger partial charge in [0, 0.05) is 0 Å². The summed E-state index contributed by atoms with van der Waals surface area (Å²) in [7, 11) is 0. The van der Waals surface area contributed by atoms with E-state index in [1.165, 1.54) is 0 Å². The van der Waals surface area contributed by atoms with E-state index in [4.69, 9.17) is 10.00 Å². The van der Waals surface area contributed by atoms with Crippen molar-refractivity contribution >= 4 is 17.6 Å². The molecule has 0 unspecified atom stereocenters. The predicted octanol–water partition coefficient (Wildman–Crippen LogP) is 3.48. The molecule has 1 N–H and O–H groups in total. The van der Waals surface area contributed by atoms with Crippen LogP contribution < -0.4 is 5.32 Å². The molecule has 0 spiro atoms. The Morgan fingerprint density at radius 3 is 2.42 bits per heavy atom. The molecule has 0 aromatic heterocycles. The molecule has 0 bridgehead atoms. The van der Waals surface area contributed by atoms with Gasteiger partial charge in [0.05, 0.1) is 16.8 Å². The summed E-state index contributed by atoms with van der Waals surface area (Å²) in [4.78, 5) is 23.8. The van der Waals surface area contributed by atoms with E-state index in [-0.39, 0.29) is 0 Å². The van der Waals surface area contributed by atoms with Gasteiger partial charge >= 0.3 is 5.97 Å². The van der Waals surface area contributed by atoms with E-state index in [1.54, 1.807) is 36.4 Å². The minimum atomic E-state index is -0.561. The van der Waals surface area contributed by atoms with Crippen LogP contribution in [-0.2, 0) is 9.53 Å². The number of amides is 1. The largest absolute Gasteiger partial charge is 0.452 e. The minimum Gasteiger partial charge on any atom is -0.452 e. The fraction of sp³-hybridized carbons (Fsp3) is 0.211. The number of carbonyl (C=O) groups is 2. The Balaban J connectivity index is 1.91. The topological polar surface area (TPSA) is 79.2 Å². The fourth-order valence-corrected chi connectivity index (χ4v) is 2.09. The Morgan fingerprint density at radius 2 is 1.79 bits per heavy atom. The average molecular weight is 322 g/mol. The molecule has 5 nitrogen and oxygen atoms in total. The van der Waals surface area contributed by atoms with Crippen molar-refractivity contribution in [3.63, 3.8) is 0 Å². The molecule has 0 saturated carbocycles. The van der Waals surface area contributed by atoms with Gasteiger partial charge in [0.2, 0.25) is 0 Å². The second-order valence-corrected chi connectivity index (χ2v) is 5.56. The maximum atomic E-state index is 12.0. The van der Waals surface area contributed by atoms with E-state index < -0.39 is 18.5 Å². The first-order valence-corrected chi connectivity index (χ1v) is 7.57. The van der Waals surface area contributed by atoms with Crippen molar-refractivity contribution in [2.75, 3.05) is 11.9 Å². The Hall–Kier alpha value is -3.13. The fourth-order valence-electron chi connectivity index (χ4n) is 2.09. The summed E-state index contributed by atoms with van der Waals surface area (Å²) in [6.07, 6.45) is 0. The summed E-state index contributed by atoms with van der Waals surface area (Å²) < 4.78 is 5.00. The van der Waals surface area contributed by atoms with Crippen LogP contribution >= 0.6 is 0 Å². The average Bonchev–Trinajstić information content (AvgIpc) is 2.60. The molecule has 0 heterocycles. The number of ether oxygens (including phenoxy) is 1. The molecular weight excluding hydrogens is 304 g/mol. The van der Waals surface area contributed by atoms with Crippen LogP contribution in [0, 0.1) is 11.3 Å². The smallest absolute Gasteiger partial charge is 0.338 e. The summed E-state index contributed by atoms with van der Waals surface area (Å²) in [6.45, 7) is 3.72. The quantitative estimate of drug-likeness (QED) is 0.855. The third-order valence-corrected chi connectivity index (χ3v) is 3.47. The van der Waals surface area contributed by atoms with E-state index in [2.05, 4.69) is 19.2 Å². The SMILES string of the molecule is CC(C)c1ccc(C(=O)OCC(=O)Nc2ccccc2C#N)cc1. The highest BCUT2D eigenvalue weighted by Gasteiger charge is 2.12. The highest BCUT2D eigenvalue weighted by molar-refractivity contribution is 5.96. The zero-order valence-corrected chi connectivity index (χ0v) is 13.6. The van der Waals surface area contributed by atoms with Gasteiger partial charge in [-0.3, -0.25) is 4.79 Å².